The minimum absolute atomic E-state index is 0.788. The van der Waals surface area contributed by atoms with Gasteiger partial charge in [0.25, 0.3) is 0 Å². The average molecular weight is 219 g/mol. The molecule has 1 saturated carbocycles. The van der Waals surface area contributed by atoms with Crippen LogP contribution in [0.2, 0.25) is 0 Å². The fourth-order valence-electron chi connectivity index (χ4n) is 3.08. The summed E-state index contributed by atoms with van der Waals surface area (Å²) in [6, 6.07) is 0. The third-order valence-corrected chi connectivity index (χ3v) is 4.09. The van der Waals surface area contributed by atoms with E-state index in [4.69, 9.17) is 0 Å². The SMILES string of the molecule is c1nn(CC2CCNC2)cc1C1CCCC1. The Bertz CT molecular complexity index is 333. The van der Waals surface area contributed by atoms with E-state index in [9.17, 15) is 0 Å². The Morgan fingerprint density at radius 1 is 1.31 bits per heavy atom. The van der Waals surface area contributed by atoms with Crippen molar-refractivity contribution in [3.8, 4) is 0 Å². The van der Waals surface area contributed by atoms with Crippen LogP contribution in [0, 0.1) is 5.92 Å². The number of nitrogens with zero attached hydrogens (tertiary/aromatic N) is 2. The topological polar surface area (TPSA) is 29.9 Å². The van der Waals surface area contributed by atoms with Crippen LogP contribution < -0.4 is 5.32 Å². The smallest absolute Gasteiger partial charge is 0.0524 e. The van der Waals surface area contributed by atoms with Gasteiger partial charge in [-0.2, -0.15) is 5.10 Å². The number of rotatable bonds is 3. The van der Waals surface area contributed by atoms with E-state index in [0.29, 0.717) is 0 Å². The monoisotopic (exact) mass is 219 g/mol. The molecule has 2 heterocycles. The van der Waals surface area contributed by atoms with Crippen LogP contribution in [0.25, 0.3) is 0 Å². The Morgan fingerprint density at radius 2 is 2.19 bits per heavy atom. The highest BCUT2D eigenvalue weighted by atomic mass is 15.3. The van der Waals surface area contributed by atoms with Crippen LogP contribution in [0.4, 0.5) is 0 Å². The van der Waals surface area contributed by atoms with E-state index in [0.717, 1.165) is 18.4 Å². The van der Waals surface area contributed by atoms with E-state index in [1.807, 2.05) is 0 Å². The maximum absolute atomic E-state index is 4.51. The lowest BCUT2D eigenvalue weighted by atomic mass is 10.0. The normalized spacial score (nSPS) is 26.6. The zero-order valence-corrected chi connectivity index (χ0v) is 9.86. The third-order valence-electron chi connectivity index (χ3n) is 4.09. The van der Waals surface area contributed by atoms with Crippen molar-refractivity contribution in [3.63, 3.8) is 0 Å². The van der Waals surface area contributed by atoms with Crippen LogP contribution in [0.15, 0.2) is 12.4 Å². The van der Waals surface area contributed by atoms with Gasteiger partial charge in [-0.3, -0.25) is 4.68 Å². The summed E-state index contributed by atoms with van der Waals surface area (Å²) < 4.78 is 2.16. The van der Waals surface area contributed by atoms with Gasteiger partial charge in [0.2, 0.25) is 0 Å². The summed E-state index contributed by atoms with van der Waals surface area (Å²) in [7, 11) is 0. The second kappa shape index (κ2) is 4.58. The Morgan fingerprint density at radius 3 is 2.94 bits per heavy atom. The van der Waals surface area contributed by atoms with Crippen molar-refractivity contribution in [2.45, 2.75) is 44.6 Å². The average Bonchev–Trinajstić information content (AvgIpc) is 2.99. The zero-order chi connectivity index (χ0) is 10.8. The van der Waals surface area contributed by atoms with E-state index in [1.54, 1.807) is 0 Å². The first-order valence-electron chi connectivity index (χ1n) is 6.65. The molecule has 1 N–H and O–H groups in total. The number of hydrogen-bond acceptors (Lipinski definition) is 2. The first-order chi connectivity index (χ1) is 7.92. The minimum Gasteiger partial charge on any atom is -0.316 e. The summed E-state index contributed by atoms with van der Waals surface area (Å²) in [4.78, 5) is 0. The predicted octanol–water partition coefficient (Wildman–Crippen LogP) is 2.15. The molecule has 0 spiro atoms. The molecule has 0 amide bonds. The van der Waals surface area contributed by atoms with Gasteiger partial charge in [0, 0.05) is 12.7 Å². The van der Waals surface area contributed by atoms with Crippen LogP contribution >= 0.6 is 0 Å². The molecule has 1 saturated heterocycles. The fraction of sp³-hybridized carbons (Fsp3) is 0.769. The Balaban J connectivity index is 1.62. The van der Waals surface area contributed by atoms with Crippen LogP contribution in [0.5, 0.6) is 0 Å². The Hall–Kier alpha value is -0.830. The molecule has 0 radical (unpaired) electrons. The van der Waals surface area contributed by atoms with Gasteiger partial charge < -0.3 is 5.32 Å². The van der Waals surface area contributed by atoms with Gasteiger partial charge >= 0.3 is 0 Å². The number of aromatic nitrogens is 2. The third kappa shape index (κ3) is 2.14. The van der Waals surface area contributed by atoms with Crippen LogP contribution in [-0.2, 0) is 6.54 Å². The van der Waals surface area contributed by atoms with E-state index >= 15 is 0 Å². The summed E-state index contributed by atoms with van der Waals surface area (Å²) in [6.07, 6.45) is 11.2. The maximum atomic E-state index is 4.51. The largest absolute Gasteiger partial charge is 0.316 e. The molecule has 3 heteroatoms. The molecular weight excluding hydrogens is 198 g/mol. The van der Waals surface area contributed by atoms with Crippen molar-refractivity contribution >= 4 is 0 Å². The van der Waals surface area contributed by atoms with Crippen molar-refractivity contribution < 1.29 is 0 Å². The molecule has 1 aromatic rings. The van der Waals surface area contributed by atoms with Gasteiger partial charge in [-0.25, -0.2) is 0 Å². The van der Waals surface area contributed by atoms with E-state index in [2.05, 4.69) is 27.5 Å². The van der Waals surface area contributed by atoms with Crippen molar-refractivity contribution in [1.82, 2.24) is 15.1 Å². The molecule has 2 aliphatic rings. The highest BCUT2D eigenvalue weighted by Crippen LogP contribution is 2.33. The molecule has 0 aromatic carbocycles. The number of nitrogens with one attached hydrogen (secondary N) is 1. The van der Waals surface area contributed by atoms with Crippen LogP contribution in [0.3, 0.4) is 0 Å². The van der Waals surface area contributed by atoms with Gasteiger partial charge in [0.1, 0.15) is 0 Å². The maximum Gasteiger partial charge on any atom is 0.0524 e. The summed E-state index contributed by atoms with van der Waals surface area (Å²) >= 11 is 0. The summed E-state index contributed by atoms with van der Waals surface area (Å²) in [6.45, 7) is 3.44. The Labute approximate surface area is 97.2 Å². The molecule has 1 aromatic heterocycles. The molecular formula is C13H21N3. The standard InChI is InChI=1S/C13H21N3/c1-2-4-12(3-1)13-8-15-16(10-13)9-11-5-6-14-7-11/h8,10-12,14H,1-7,9H2. The molecule has 16 heavy (non-hydrogen) atoms. The van der Waals surface area contributed by atoms with E-state index in [1.165, 1.54) is 50.8 Å². The lowest BCUT2D eigenvalue weighted by Crippen LogP contribution is -2.14. The van der Waals surface area contributed by atoms with Gasteiger partial charge in [-0.1, -0.05) is 12.8 Å². The van der Waals surface area contributed by atoms with Crippen molar-refractivity contribution in [1.29, 1.82) is 0 Å². The quantitative estimate of drug-likeness (QED) is 0.844. The summed E-state index contributed by atoms with van der Waals surface area (Å²) in [5.74, 6) is 1.59. The molecule has 88 valence electrons. The molecule has 0 bridgehead atoms. The zero-order valence-electron chi connectivity index (χ0n) is 9.86. The van der Waals surface area contributed by atoms with Gasteiger partial charge in [-0.05, 0) is 49.8 Å². The number of hydrogen-bond donors (Lipinski definition) is 1. The molecule has 2 fully saturated rings. The molecule has 1 unspecified atom stereocenters. The van der Waals surface area contributed by atoms with Crippen LogP contribution in [-0.4, -0.2) is 22.9 Å². The van der Waals surface area contributed by atoms with Crippen LogP contribution in [0.1, 0.15) is 43.6 Å². The highest BCUT2D eigenvalue weighted by molar-refractivity contribution is 5.12. The van der Waals surface area contributed by atoms with Gasteiger partial charge in [0.05, 0.1) is 6.20 Å². The Kier molecular flexibility index (Phi) is 2.96. The lowest BCUT2D eigenvalue weighted by molar-refractivity contribution is 0.449. The second-order valence-electron chi connectivity index (χ2n) is 5.34. The lowest BCUT2D eigenvalue weighted by Gasteiger charge is -2.08. The molecule has 3 nitrogen and oxygen atoms in total. The molecule has 1 aliphatic heterocycles. The summed E-state index contributed by atoms with van der Waals surface area (Å²) in [5.41, 5.74) is 1.48. The van der Waals surface area contributed by atoms with Crippen molar-refractivity contribution in [3.05, 3.63) is 18.0 Å². The fourth-order valence-corrected chi connectivity index (χ4v) is 3.08. The first-order valence-corrected chi connectivity index (χ1v) is 6.65. The van der Waals surface area contributed by atoms with Crippen molar-refractivity contribution in [2.24, 2.45) is 5.92 Å². The van der Waals surface area contributed by atoms with Crippen molar-refractivity contribution in [2.75, 3.05) is 13.1 Å². The molecule has 1 atom stereocenters. The summed E-state index contributed by atoms with van der Waals surface area (Å²) in [5, 5.41) is 7.93. The van der Waals surface area contributed by atoms with Gasteiger partial charge in [-0.15, -0.1) is 0 Å². The molecule has 3 rings (SSSR count). The minimum atomic E-state index is 0.788. The van der Waals surface area contributed by atoms with E-state index < -0.39 is 0 Å². The molecule has 1 aliphatic carbocycles. The predicted molar refractivity (Wildman–Crippen MR) is 64.4 cm³/mol. The van der Waals surface area contributed by atoms with Gasteiger partial charge in [0.15, 0.2) is 0 Å². The second-order valence-corrected chi connectivity index (χ2v) is 5.34. The van der Waals surface area contributed by atoms with E-state index in [-0.39, 0.29) is 0 Å². The first kappa shape index (κ1) is 10.3. The highest BCUT2D eigenvalue weighted by Gasteiger charge is 2.20.